The molecule has 0 saturated carbocycles. The summed E-state index contributed by atoms with van der Waals surface area (Å²) in [5.74, 6) is -3.14. The monoisotopic (exact) mass is 246 g/mol. The first kappa shape index (κ1) is 14.7. The molecule has 0 aromatic rings. The van der Waals surface area contributed by atoms with Gasteiger partial charge in [-0.05, 0) is 12.8 Å². The molecule has 6 heteroatoms. The molecule has 1 nitrogen and oxygen atoms in total. The fourth-order valence-electron chi connectivity index (χ4n) is 0.909. The Morgan fingerprint density at radius 3 is 2.47 bits per heavy atom. The average Bonchev–Trinajstić information content (AvgIpc) is 2.14. The first-order chi connectivity index (χ1) is 6.87. The van der Waals surface area contributed by atoms with Gasteiger partial charge >= 0.3 is 0 Å². The largest absolute Gasteiger partial charge is 0.288 e. The topological polar surface area (TPSA) is 17.1 Å². The average molecular weight is 246 g/mol. The van der Waals surface area contributed by atoms with Crippen molar-refractivity contribution >= 4 is 16.9 Å². The maximum absolute atomic E-state index is 12.9. The number of hydrogen-bond donors (Lipinski definition) is 0. The Labute approximate surface area is 90.6 Å². The molecule has 0 bridgehead atoms. The number of rotatable bonds is 7. The lowest BCUT2D eigenvalue weighted by Crippen LogP contribution is -2.20. The molecule has 0 aliphatic heterocycles. The SMILES string of the molecule is CC(=O)SCCC(F)CCC(F)(F)CF. The number of carbonyl (C=O) groups excluding carboxylic acids is 1. The molecular formula is C9H14F4OS. The highest BCUT2D eigenvalue weighted by atomic mass is 32.2. The molecule has 0 saturated heterocycles. The van der Waals surface area contributed by atoms with Crippen molar-refractivity contribution in [3.8, 4) is 0 Å². The highest BCUT2D eigenvalue weighted by Crippen LogP contribution is 2.23. The normalized spacial score (nSPS) is 13.9. The summed E-state index contributed by atoms with van der Waals surface area (Å²) in [4.78, 5) is 10.5. The zero-order valence-electron chi connectivity index (χ0n) is 8.44. The van der Waals surface area contributed by atoms with Crippen molar-refractivity contribution in [2.75, 3.05) is 12.4 Å². The van der Waals surface area contributed by atoms with Crippen molar-refractivity contribution in [3.63, 3.8) is 0 Å². The van der Waals surface area contributed by atoms with Gasteiger partial charge in [0.15, 0.2) is 11.8 Å². The summed E-state index contributed by atoms with van der Waals surface area (Å²) < 4.78 is 49.3. The number of carbonyl (C=O) groups is 1. The Kier molecular flexibility index (Phi) is 6.96. The van der Waals surface area contributed by atoms with Crippen molar-refractivity contribution < 1.29 is 22.4 Å². The third-order valence-corrected chi connectivity index (χ3v) is 2.60. The van der Waals surface area contributed by atoms with Crippen molar-refractivity contribution in [1.82, 2.24) is 0 Å². The van der Waals surface area contributed by atoms with Gasteiger partial charge in [-0.25, -0.2) is 17.6 Å². The Balaban J connectivity index is 3.57. The molecule has 0 rings (SSSR count). The number of halogens is 4. The molecule has 0 aromatic carbocycles. The van der Waals surface area contributed by atoms with Crippen LogP contribution in [0.1, 0.15) is 26.2 Å². The van der Waals surface area contributed by atoms with Gasteiger partial charge in [-0.1, -0.05) is 11.8 Å². The molecule has 0 aromatic heterocycles. The second-order valence-electron chi connectivity index (χ2n) is 3.25. The molecule has 0 aliphatic carbocycles. The maximum atomic E-state index is 12.9. The number of thioether (sulfide) groups is 1. The van der Waals surface area contributed by atoms with Gasteiger partial charge < -0.3 is 0 Å². The lowest BCUT2D eigenvalue weighted by molar-refractivity contribution is -0.109. The summed E-state index contributed by atoms with van der Waals surface area (Å²) >= 11 is 0.958. The number of alkyl halides is 4. The lowest BCUT2D eigenvalue weighted by Gasteiger charge is -2.13. The van der Waals surface area contributed by atoms with Gasteiger partial charge in [-0.2, -0.15) is 0 Å². The molecular weight excluding hydrogens is 232 g/mol. The van der Waals surface area contributed by atoms with Crippen LogP contribution < -0.4 is 0 Å². The summed E-state index contributed by atoms with van der Waals surface area (Å²) in [5.41, 5.74) is 0. The van der Waals surface area contributed by atoms with Crippen LogP contribution in [0.4, 0.5) is 17.6 Å². The molecule has 1 atom stereocenters. The van der Waals surface area contributed by atoms with Crippen LogP contribution in [0.3, 0.4) is 0 Å². The quantitative estimate of drug-likeness (QED) is 0.640. The van der Waals surface area contributed by atoms with E-state index >= 15 is 0 Å². The molecule has 1 unspecified atom stereocenters. The molecule has 90 valence electrons. The molecule has 0 radical (unpaired) electrons. The van der Waals surface area contributed by atoms with E-state index in [4.69, 9.17) is 0 Å². The molecule has 15 heavy (non-hydrogen) atoms. The Hall–Kier alpha value is -0.260. The predicted molar refractivity (Wildman–Crippen MR) is 52.8 cm³/mol. The van der Waals surface area contributed by atoms with Crippen LogP contribution in [0.25, 0.3) is 0 Å². The van der Waals surface area contributed by atoms with E-state index < -0.39 is 25.2 Å². The van der Waals surface area contributed by atoms with Gasteiger partial charge in [0.05, 0.1) is 0 Å². The van der Waals surface area contributed by atoms with Crippen LogP contribution >= 0.6 is 11.8 Å². The van der Waals surface area contributed by atoms with Gasteiger partial charge in [-0.15, -0.1) is 0 Å². The van der Waals surface area contributed by atoms with Gasteiger partial charge in [0.25, 0.3) is 5.92 Å². The second kappa shape index (κ2) is 7.09. The van der Waals surface area contributed by atoms with Crippen LogP contribution in [0.5, 0.6) is 0 Å². The van der Waals surface area contributed by atoms with Crippen molar-refractivity contribution in [2.24, 2.45) is 0 Å². The van der Waals surface area contributed by atoms with Crippen LogP contribution in [0.2, 0.25) is 0 Å². The summed E-state index contributed by atoms with van der Waals surface area (Å²) in [6, 6.07) is 0. The van der Waals surface area contributed by atoms with Gasteiger partial charge in [-0.3, -0.25) is 4.79 Å². The molecule has 0 aliphatic rings. The first-order valence-corrected chi connectivity index (χ1v) is 5.57. The first-order valence-electron chi connectivity index (χ1n) is 4.58. The summed E-state index contributed by atoms with van der Waals surface area (Å²) in [7, 11) is 0. The highest BCUT2D eigenvalue weighted by molar-refractivity contribution is 8.13. The van der Waals surface area contributed by atoms with E-state index in [2.05, 4.69) is 0 Å². The smallest absolute Gasteiger partial charge is 0.276 e. The van der Waals surface area contributed by atoms with E-state index in [0.717, 1.165) is 11.8 Å². The second-order valence-corrected chi connectivity index (χ2v) is 4.53. The summed E-state index contributed by atoms with van der Waals surface area (Å²) in [6.07, 6.45) is -2.49. The van der Waals surface area contributed by atoms with Crippen LogP contribution in [-0.4, -0.2) is 29.6 Å². The molecule has 0 amide bonds. The fourth-order valence-corrected chi connectivity index (χ4v) is 1.57. The summed E-state index contributed by atoms with van der Waals surface area (Å²) in [5, 5.41) is -0.128. The van der Waals surface area contributed by atoms with E-state index in [9.17, 15) is 22.4 Å². The van der Waals surface area contributed by atoms with E-state index in [-0.39, 0.29) is 23.7 Å². The Bertz CT molecular complexity index is 199. The molecule has 0 N–H and O–H groups in total. The number of hydrogen-bond acceptors (Lipinski definition) is 2. The molecule has 0 spiro atoms. The zero-order chi connectivity index (χ0) is 11.9. The van der Waals surface area contributed by atoms with E-state index in [1.54, 1.807) is 0 Å². The minimum absolute atomic E-state index is 0.0482. The predicted octanol–water partition coefficient (Wildman–Crippen LogP) is 3.38. The highest BCUT2D eigenvalue weighted by Gasteiger charge is 2.29. The van der Waals surface area contributed by atoms with Crippen LogP contribution in [0, 0.1) is 0 Å². The zero-order valence-corrected chi connectivity index (χ0v) is 9.26. The van der Waals surface area contributed by atoms with E-state index in [0.29, 0.717) is 0 Å². The lowest BCUT2D eigenvalue weighted by atomic mass is 10.1. The summed E-state index contributed by atoms with van der Waals surface area (Å²) in [6.45, 7) is -0.392. The molecule has 0 fully saturated rings. The van der Waals surface area contributed by atoms with Crippen LogP contribution in [0.15, 0.2) is 0 Å². The van der Waals surface area contributed by atoms with Crippen molar-refractivity contribution in [1.29, 1.82) is 0 Å². The van der Waals surface area contributed by atoms with Crippen molar-refractivity contribution in [2.45, 2.75) is 38.3 Å². The third-order valence-electron chi connectivity index (χ3n) is 1.76. The standard InChI is InChI=1S/C9H14F4OS/c1-7(14)15-5-3-8(11)2-4-9(12,13)6-10/h8H,2-6H2,1H3. The maximum Gasteiger partial charge on any atom is 0.276 e. The van der Waals surface area contributed by atoms with Gasteiger partial charge in [0.2, 0.25) is 0 Å². The van der Waals surface area contributed by atoms with Crippen molar-refractivity contribution in [3.05, 3.63) is 0 Å². The third kappa shape index (κ3) is 8.72. The van der Waals surface area contributed by atoms with E-state index in [1.807, 2.05) is 0 Å². The van der Waals surface area contributed by atoms with Crippen LogP contribution in [-0.2, 0) is 4.79 Å². The fraction of sp³-hybridized carbons (Fsp3) is 0.889. The van der Waals surface area contributed by atoms with Gasteiger partial charge in [0, 0.05) is 19.1 Å². The Morgan fingerprint density at radius 1 is 1.40 bits per heavy atom. The Morgan fingerprint density at radius 2 is 2.00 bits per heavy atom. The minimum atomic E-state index is -3.42. The molecule has 0 heterocycles. The van der Waals surface area contributed by atoms with Gasteiger partial charge in [0.1, 0.15) is 6.17 Å². The minimum Gasteiger partial charge on any atom is -0.288 e. The van der Waals surface area contributed by atoms with E-state index in [1.165, 1.54) is 6.92 Å².